The average molecular weight is 849 g/mol. The Kier molecular flexibility index (Phi) is 13.7. The summed E-state index contributed by atoms with van der Waals surface area (Å²) in [5.74, 6) is -0.512. The molecule has 6 aromatic rings. The van der Waals surface area contributed by atoms with Crippen molar-refractivity contribution in [3.05, 3.63) is 149 Å². The van der Waals surface area contributed by atoms with E-state index in [0.29, 0.717) is 21.2 Å². The lowest BCUT2D eigenvalue weighted by atomic mass is 10.00. The summed E-state index contributed by atoms with van der Waals surface area (Å²) in [6, 6.07) is 38.8. The number of anilines is 2. The van der Waals surface area contributed by atoms with Crippen molar-refractivity contribution in [2.75, 3.05) is 22.7 Å². The number of nitrogens with one attached hydrogen (secondary N) is 2. The van der Waals surface area contributed by atoms with Crippen molar-refractivity contribution >= 4 is 60.0 Å². The van der Waals surface area contributed by atoms with Crippen molar-refractivity contribution in [2.24, 2.45) is 0 Å². The van der Waals surface area contributed by atoms with E-state index in [1.165, 1.54) is 12.1 Å². The van der Waals surface area contributed by atoms with Crippen LogP contribution in [0.2, 0.25) is 0 Å². The zero-order chi connectivity index (χ0) is 40.4. The first-order valence-corrected chi connectivity index (χ1v) is 21.4. The Labute approximate surface area is 342 Å². The molecule has 1 unspecified atom stereocenters. The number of hydrogen-bond donors (Lipinski definition) is 3. The molecule has 0 saturated heterocycles. The van der Waals surface area contributed by atoms with E-state index >= 15 is 0 Å². The van der Waals surface area contributed by atoms with Gasteiger partial charge in [-0.1, -0.05) is 121 Å². The first-order chi connectivity index (χ1) is 27.6. The number of carbonyl (C=O) groups excluding carboxylic acids is 1. The van der Waals surface area contributed by atoms with Crippen LogP contribution >= 0.6 is 15.9 Å². The van der Waals surface area contributed by atoms with Crippen LogP contribution in [0.15, 0.2) is 143 Å². The van der Waals surface area contributed by atoms with Gasteiger partial charge in [0.05, 0.1) is 16.1 Å². The number of fused-ring (bicyclic) bond motifs is 1. The maximum Gasteiger partial charge on any atom is 0.326 e. The van der Waals surface area contributed by atoms with Gasteiger partial charge in [-0.3, -0.25) is 9.52 Å². The van der Waals surface area contributed by atoms with Crippen LogP contribution in [0.25, 0.3) is 21.9 Å². The molecule has 0 saturated carbocycles. The molecule has 0 aliphatic rings. The molecule has 0 heterocycles. The number of nitrogens with zero attached hydrogens (tertiary/aromatic N) is 1. The molecule has 1 atom stereocenters. The fraction of sp³-hybridized carbons (Fsp3) is 0.217. The Morgan fingerprint density at radius 3 is 2.00 bits per heavy atom. The third-order valence-electron chi connectivity index (χ3n) is 9.69. The number of unbranched alkanes of at least 4 members (excludes halogenated alkanes) is 2. The van der Waals surface area contributed by atoms with Crippen LogP contribution in [0.4, 0.5) is 11.4 Å². The summed E-state index contributed by atoms with van der Waals surface area (Å²) in [5, 5.41) is 14.2. The monoisotopic (exact) mass is 847 g/mol. The van der Waals surface area contributed by atoms with E-state index in [1.54, 1.807) is 24.3 Å². The van der Waals surface area contributed by atoms with Crippen LogP contribution in [0.1, 0.15) is 55.5 Å². The summed E-state index contributed by atoms with van der Waals surface area (Å²) < 4.78 is 37.3. The average Bonchev–Trinajstić information content (AvgIpc) is 3.21. The molecule has 0 aliphatic carbocycles. The molecular weight excluding hydrogens is 802 g/mol. The van der Waals surface area contributed by atoms with E-state index < -0.39 is 27.9 Å². The second-order valence-electron chi connectivity index (χ2n) is 13.8. The van der Waals surface area contributed by atoms with Crippen LogP contribution in [-0.2, 0) is 21.2 Å². The number of sulfonamides is 1. The summed E-state index contributed by atoms with van der Waals surface area (Å²) in [7, 11) is -4.21. The number of amides is 1. The maximum absolute atomic E-state index is 14.1. The van der Waals surface area contributed by atoms with Crippen molar-refractivity contribution in [1.82, 2.24) is 5.32 Å². The topological polar surface area (TPSA) is 125 Å². The molecular formula is C46H46BrN3O6S. The van der Waals surface area contributed by atoms with Gasteiger partial charge in [-0.05, 0) is 84.1 Å². The second kappa shape index (κ2) is 19.0. The normalized spacial score (nSPS) is 11.8. The lowest BCUT2D eigenvalue weighted by Gasteiger charge is -2.26. The van der Waals surface area contributed by atoms with Crippen molar-refractivity contribution in [3.8, 4) is 22.6 Å². The number of ether oxygens (including phenoxy) is 1. The number of carboxylic acid groups (broad SMARTS) is 1. The van der Waals surface area contributed by atoms with Crippen LogP contribution in [-0.4, -0.2) is 44.5 Å². The first kappa shape index (κ1) is 41.0. The van der Waals surface area contributed by atoms with E-state index in [-0.39, 0.29) is 22.6 Å². The van der Waals surface area contributed by atoms with Crippen LogP contribution < -0.4 is 19.7 Å². The third-order valence-corrected chi connectivity index (χ3v) is 11.6. The van der Waals surface area contributed by atoms with Crippen LogP contribution in [0.3, 0.4) is 0 Å². The van der Waals surface area contributed by atoms with Crippen molar-refractivity contribution in [2.45, 2.75) is 56.9 Å². The van der Waals surface area contributed by atoms with Crippen molar-refractivity contribution in [3.63, 3.8) is 0 Å². The van der Waals surface area contributed by atoms with E-state index in [2.05, 4.69) is 44.7 Å². The molecule has 0 aromatic heterocycles. The number of para-hydroxylation sites is 1. The fourth-order valence-electron chi connectivity index (χ4n) is 6.66. The zero-order valence-corrected chi connectivity index (χ0v) is 34.4. The molecule has 0 fully saturated rings. The molecule has 0 bridgehead atoms. The molecule has 0 spiro atoms. The van der Waals surface area contributed by atoms with Crippen molar-refractivity contribution < 1.29 is 27.9 Å². The summed E-state index contributed by atoms with van der Waals surface area (Å²) >= 11 is 3.39. The van der Waals surface area contributed by atoms with Gasteiger partial charge in [-0.15, -0.1) is 0 Å². The van der Waals surface area contributed by atoms with E-state index in [0.717, 1.165) is 66.7 Å². The lowest BCUT2D eigenvalue weighted by Crippen LogP contribution is -2.42. The number of benzene rings is 6. The summed E-state index contributed by atoms with van der Waals surface area (Å²) in [4.78, 5) is 28.6. The highest BCUT2D eigenvalue weighted by Crippen LogP contribution is 2.34. The zero-order valence-electron chi connectivity index (χ0n) is 32.0. The van der Waals surface area contributed by atoms with Crippen molar-refractivity contribution in [1.29, 1.82) is 0 Å². The third kappa shape index (κ3) is 10.4. The van der Waals surface area contributed by atoms with Gasteiger partial charge in [0.1, 0.15) is 17.5 Å². The Morgan fingerprint density at radius 2 is 1.35 bits per heavy atom. The Bertz CT molecular complexity index is 2420. The van der Waals surface area contributed by atoms with Gasteiger partial charge >= 0.3 is 5.97 Å². The number of halogens is 1. The molecule has 0 radical (unpaired) electrons. The fourth-order valence-corrected chi connectivity index (χ4v) is 8.33. The standard InChI is InChI=1S/C46H46BrN3O6S/c1-3-5-28-50(29-6-4-2)43-16-10-15-39-38(43)14-11-17-44(39)57(54,55)49-41-27-24-35(47)31-40(41)45(51)48-42(46(52)53)30-32-18-20-33(21-19-32)34-22-25-37(26-23-34)56-36-12-8-7-9-13-36/h7-27,31,42,49H,3-6,28-30H2,1-2H3,(H,48,51)(H,52,53). The molecule has 1 amide bonds. The number of carboxylic acids is 1. The molecule has 6 rings (SSSR count). The van der Waals surface area contributed by atoms with Crippen LogP contribution in [0.5, 0.6) is 11.5 Å². The van der Waals surface area contributed by atoms with E-state index in [4.69, 9.17) is 4.74 Å². The second-order valence-corrected chi connectivity index (χ2v) is 16.4. The highest BCUT2D eigenvalue weighted by Gasteiger charge is 2.26. The minimum atomic E-state index is -4.21. The number of carbonyl (C=O) groups is 2. The van der Waals surface area contributed by atoms with Gasteiger partial charge < -0.3 is 20.1 Å². The molecule has 3 N–H and O–H groups in total. The lowest BCUT2D eigenvalue weighted by molar-refractivity contribution is -0.139. The predicted octanol–water partition coefficient (Wildman–Crippen LogP) is 10.7. The van der Waals surface area contributed by atoms with Gasteiger partial charge in [-0.25, -0.2) is 13.2 Å². The smallest absolute Gasteiger partial charge is 0.326 e. The number of hydrogen-bond acceptors (Lipinski definition) is 6. The quantitative estimate of drug-likeness (QED) is 0.0786. The van der Waals surface area contributed by atoms with Gasteiger partial charge in [0.15, 0.2) is 0 Å². The minimum absolute atomic E-state index is 0.00609. The van der Waals surface area contributed by atoms with Gasteiger partial charge in [0, 0.05) is 40.4 Å². The Morgan fingerprint density at radius 1 is 0.737 bits per heavy atom. The Hall–Kier alpha value is -5.65. The highest BCUT2D eigenvalue weighted by molar-refractivity contribution is 9.10. The summed E-state index contributed by atoms with van der Waals surface area (Å²) in [6.45, 7) is 6.04. The number of rotatable bonds is 18. The first-order valence-electron chi connectivity index (χ1n) is 19.1. The summed E-state index contributed by atoms with van der Waals surface area (Å²) in [6.07, 6.45) is 4.13. The Balaban J connectivity index is 1.18. The largest absolute Gasteiger partial charge is 0.480 e. The van der Waals surface area contributed by atoms with Crippen LogP contribution in [0, 0.1) is 0 Å². The molecule has 11 heteroatoms. The SMILES string of the molecule is CCCCN(CCCC)c1cccc2c(S(=O)(=O)Nc3ccc(Br)cc3C(=O)NC(Cc3ccc(-c4ccc(Oc5ccccc5)cc4)cc3)C(=O)O)cccc12. The highest BCUT2D eigenvalue weighted by atomic mass is 79.9. The van der Waals surface area contributed by atoms with Gasteiger partial charge in [-0.2, -0.15) is 0 Å². The van der Waals surface area contributed by atoms with Gasteiger partial charge in [0.25, 0.3) is 15.9 Å². The molecule has 0 aliphatic heterocycles. The van der Waals surface area contributed by atoms with E-state index in [1.807, 2.05) is 97.1 Å². The predicted molar refractivity (Wildman–Crippen MR) is 232 cm³/mol. The molecule has 9 nitrogen and oxygen atoms in total. The number of aliphatic carboxylic acids is 1. The van der Waals surface area contributed by atoms with E-state index in [9.17, 15) is 23.1 Å². The maximum atomic E-state index is 14.1. The summed E-state index contributed by atoms with van der Waals surface area (Å²) in [5.41, 5.74) is 3.56. The molecule has 294 valence electrons. The van der Waals surface area contributed by atoms with Gasteiger partial charge in [0.2, 0.25) is 0 Å². The molecule has 6 aromatic carbocycles. The minimum Gasteiger partial charge on any atom is -0.480 e. The molecule has 57 heavy (non-hydrogen) atoms.